The van der Waals surface area contributed by atoms with Gasteiger partial charge in [-0.15, -0.1) is 11.6 Å². The maximum atomic E-state index is 6.64. The Kier molecular flexibility index (Phi) is 4.60. The Hall–Kier alpha value is -0.500. The molecule has 2 aromatic carbocycles. The van der Waals surface area contributed by atoms with Gasteiger partial charge in [-0.2, -0.15) is 0 Å². The predicted molar refractivity (Wildman–Crippen MR) is 87.5 cm³/mol. The lowest BCUT2D eigenvalue weighted by Gasteiger charge is -2.16. The molecule has 2 rings (SSSR count). The van der Waals surface area contributed by atoms with Crippen LogP contribution in [0.3, 0.4) is 0 Å². The Balaban J connectivity index is 2.49. The van der Waals surface area contributed by atoms with Crippen LogP contribution < -0.4 is 0 Å². The molecule has 0 saturated heterocycles. The van der Waals surface area contributed by atoms with Gasteiger partial charge in [-0.25, -0.2) is 0 Å². The van der Waals surface area contributed by atoms with E-state index >= 15 is 0 Å². The van der Waals surface area contributed by atoms with Crippen molar-refractivity contribution in [3.8, 4) is 0 Å². The van der Waals surface area contributed by atoms with E-state index in [-0.39, 0.29) is 5.38 Å². The molecule has 0 saturated carbocycles. The topological polar surface area (TPSA) is 0 Å². The minimum absolute atomic E-state index is 0.160. The summed E-state index contributed by atoms with van der Waals surface area (Å²) in [5, 5.41) is 0.628. The lowest BCUT2D eigenvalue weighted by Crippen LogP contribution is -1.98. The summed E-state index contributed by atoms with van der Waals surface area (Å²) < 4.78 is 1.05. The van der Waals surface area contributed by atoms with Gasteiger partial charge in [0.15, 0.2) is 0 Å². The number of benzene rings is 2. The molecule has 0 aliphatic rings. The third-order valence-electron chi connectivity index (χ3n) is 3.18. The van der Waals surface area contributed by atoms with Crippen LogP contribution in [0.1, 0.15) is 33.2 Å². The number of rotatable bonds is 2. The normalized spacial score (nSPS) is 12.5. The molecule has 1 unspecified atom stereocenters. The smallest absolute Gasteiger partial charge is 0.0838 e. The first-order valence-electron chi connectivity index (χ1n) is 6.06. The number of halogens is 3. The maximum Gasteiger partial charge on any atom is 0.0838 e. The standard InChI is InChI=1S/C16H15BrCl2/c1-9-4-12(8-13(17)5-9)16(19)14-6-11(3)15(18)7-10(14)2/h4-8,16H,1-3H3. The van der Waals surface area contributed by atoms with Crippen LogP contribution in [0.25, 0.3) is 0 Å². The molecule has 0 heterocycles. The van der Waals surface area contributed by atoms with E-state index in [0.717, 1.165) is 31.7 Å². The zero-order valence-corrected chi connectivity index (χ0v) is 14.2. The molecule has 0 spiro atoms. The fraction of sp³-hybridized carbons (Fsp3) is 0.250. The first-order chi connectivity index (χ1) is 8.88. The maximum absolute atomic E-state index is 6.64. The van der Waals surface area contributed by atoms with E-state index in [1.165, 1.54) is 5.56 Å². The quantitative estimate of drug-likeness (QED) is 0.549. The van der Waals surface area contributed by atoms with Crippen molar-refractivity contribution < 1.29 is 0 Å². The molecule has 100 valence electrons. The van der Waals surface area contributed by atoms with Crippen LogP contribution in [-0.2, 0) is 0 Å². The summed E-state index contributed by atoms with van der Waals surface area (Å²) in [5.74, 6) is 0. The lowest BCUT2D eigenvalue weighted by atomic mass is 9.97. The summed E-state index contributed by atoms with van der Waals surface area (Å²) in [6, 6.07) is 10.3. The van der Waals surface area contributed by atoms with Gasteiger partial charge in [0.25, 0.3) is 0 Å². The minimum Gasteiger partial charge on any atom is -0.113 e. The van der Waals surface area contributed by atoms with Crippen molar-refractivity contribution >= 4 is 39.1 Å². The van der Waals surface area contributed by atoms with Gasteiger partial charge in [-0.1, -0.05) is 39.7 Å². The fourth-order valence-electron chi connectivity index (χ4n) is 2.17. The van der Waals surface area contributed by atoms with Crippen molar-refractivity contribution in [2.24, 2.45) is 0 Å². The largest absolute Gasteiger partial charge is 0.113 e. The van der Waals surface area contributed by atoms with E-state index in [9.17, 15) is 0 Å². The number of hydrogen-bond donors (Lipinski definition) is 0. The van der Waals surface area contributed by atoms with E-state index in [1.54, 1.807) is 0 Å². The van der Waals surface area contributed by atoms with E-state index in [2.05, 4.69) is 47.1 Å². The molecule has 0 aliphatic heterocycles. The zero-order chi connectivity index (χ0) is 14.2. The van der Waals surface area contributed by atoms with E-state index in [1.807, 2.05) is 19.9 Å². The molecule has 0 aromatic heterocycles. The second-order valence-electron chi connectivity index (χ2n) is 4.88. The first-order valence-corrected chi connectivity index (χ1v) is 7.67. The molecule has 2 aromatic rings. The molecule has 0 N–H and O–H groups in total. The average Bonchev–Trinajstić information content (AvgIpc) is 2.31. The summed E-state index contributed by atoms with van der Waals surface area (Å²) in [6.45, 7) is 6.11. The Morgan fingerprint density at radius 1 is 0.947 bits per heavy atom. The molecule has 1 atom stereocenters. The monoisotopic (exact) mass is 356 g/mol. The highest BCUT2D eigenvalue weighted by atomic mass is 79.9. The highest BCUT2D eigenvalue weighted by molar-refractivity contribution is 9.10. The average molecular weight is 358 g/mol. The van der Waals surface area contributed by atoms with E-state index in [0.29, 0.717) is 0 Å². The highest BCUT2D eigenvalue weighted by Crippen LogP contribution is 2.35. The summed E-state index contributed by atoms with van der Waals surface area (Å²) in [7, 11) is 0. The molecule has 19 heavy (non-hydrogen) atoms. The molecule has 0 aliphatic carbocycles. The van der Waals surface area contributed by atoms with Crippen molar-refractivity contribution in [3.63, 3.8) is 0 Å². The van der Waals surface area contributed by atoms with Gasteiger partial charge in [-0.05, 0) is 66.8 Å². The SMILES string of the molecule is Cc1cc(Br)cc(C(Cl)c2cc(C)c(Cl)cc2C)c1. The molecule has 3 heteroatoms. The Bertz CT molecular complexity index is 600. The Morgan fingerprint density at radius 2 is 1.63 bits per heavy atom. The minimum atomic E-state index is -0.160. The van der Waals surface area contributed by atoms with Crippen LogP contribution in [-0.4, -0.2) is 0 Å². The number of aryl methyl sites for hydroxylation is 3. The van der Waals surface area contributed by atoms with Crippen LogP contribution >= 0.6 is 39.1 Å². The molecular weight excluding hydrogens is 343 g/mol. The Morgan fingerprint density at radius 3 is 2.26 bits per heavy atom. The lowest BCUT2D eigenvalue weighted by molar-refractivity contribution is 1.09. The van der Waals surface area contributed by atoms with Gasteiger partial charge < -0.3 is 0 Å². The highest BCUT2D eigenvalue weighted by Gasteiger charge is 2.15. The summed E-state index contributed by atoms with van der Waals surface area (Å²) in [4.78, 5) is 0. The Labute approximate surface area is 132 Å². The molecule has 0 nitrogen and oxygen atoms in total. The summed E-state index contributed by atoms with van der Waals surface area (Å²) in [5.41, 5.74) is 5.57. The van der Waals surface area contributed by atoms with Crippen molar-refractivity contribution in [1.29, 1.82) is 0 Å². The van der Waals surface area contributed by atoms with Crippen molar-refractivity contribution in [1.82, 2.24) is 0 Å². The summed E-state index contributed by atoms with van der Waals surface area (Å²) >= 11 is 16.3. The van der Waals surface area contributed by atoms with Gasteiger partial charge >= 0.3 is 0 Å². The van der Waals surface area contributed by atoms with Crippen LogP contribution in [0.15, 0.2) is 34.8 Å². The molecule has 0 bridgehead atoms. The van der Waals surface area contributed by atoms with Gasteiger partial charge in [0.1, 0.15) is 0 Å². The third-order valence-corrected chi connectivity index (χ3v) is 4.53. The second kappa shape index (κ2) is 5.87. The molecule has 0 amide bonds. The number of alkyl halides is 1. The van der Waals surface area contributed by atoms with Crippen molar-refractivity contribution in [3.05, 3.63) is 67.6 Å². The van der Waals surface area contributed by atoms with E-state index in [4.69, 9.17) is 23.2 Å². The predicted octanol–water partition coefficient (Wildman–Crippen LogP) is 6.36. The van der Waals surface area contributed by atoms with Gasteiger partial charge in [0.2, 0.25) is 0 Å². The van der Waals surface area contributed by atoms with Crippen molar-refractivity contribution in [2.75, 3.05) is 0 Å². The fourth-order valence-corrected chi connectivity index (χ4v) is 3.37. The van der Waals surface area contributed by atoms with Crippen LogP contribution in [0.4, 0.5) is 0 Å². The zero-order valence-electron chi connectivity index (χ0n) is 11.1. The molecule has 0 fully saturated rings. The van der Waals surface area contributed by atoms with Gasteiger partial charge in [-0.3, -0.25) is 0 Å². The van der Waals surface area contributed by atoms with Gasteiger partial charge in [0, 0.05) is 9.50 Å². The third kappa shape index (κ3) is 3.34. The van der Waals surface area contributed by atoms with Crippen LogP contribution in [0.2, 0.25) is 5.02 Å². The van der Waals surface area contributed by atoms with Gasteiger partial charge in [0.05, 0.1) is 5.38 Å². The summed E-state index contributed by atoms with van der Waals surface area (Å²) in [6.07, 6.45) is 0. The number of hydrogen-bond acceptors (Lipinski definition) is 0. The van der Waals surface area contributed by atoms with Crippen molar-refractivity contribution in [2.45, 2.75) is 26.1 Å². The second-order valence-corrected chi connectivity index (χ2v) is 6.64. The first kappa shape index (κ1) is 14.9. The van der Waals surface area contributed by atoms with Crippen LogP contribution in [0, 0.1) is 20.8 Å². The van der Waals surface area contributed by atoms with E-state index < -0.39 is 0 Å². The molecule has 0 radical (unpaired) electrons. The van der Waals surface area contributed by atoms with Crippen LogP contribution in [0.5, 0.6) is 0 Å². The molecular formula is C16H15BrCl2.